The zero-order chi connectivity index (χ0) is 15.4. The van der Waals surface area contributed by atoms with Gasteiger partial charge in [0.15, 0.2) is 0 Å². The van der Waals surface area contributed by atoms with Crippen LogP contribution in [-0.2, 0) is 4.79 Å². The number of carboxylic acids is 1. The van der Waals surface area contributed by atoms with Gasteiger partial charge in [-0.1, -0.05) is 37.9 Å². The molecule has 2 rings (SSSR count). The van der Waals surface area contributed by atoms with Gasteiger partial charge in [0.25, 0.3) is 0 Å². The Morgan fingerprint density at radius 3 is 2.52 bits per heavy atom. The highest BCUT2D eigenvalue weighted by molar-refractivity contribution is 9.10. The number of rotatable bonds is 4. The van der Waals surface area contributed by atoms with E-state index in [1.165, 1.54) is 18.2 Å². The summed E-state index contributed by atoms with van der Waals surface area (Å²) in [6.07, 6.45) is 2.51. The molecule has 0 aliphatic rings. The molecular formula is C15H9Br2FO3. The highest BCUT2D eigenvalue weighted by Crippen LogP contribution is 2.29. The standard InChI is InChI=1S/C15H9Br2FO3/c16-10-5-11(18)7-13(6-10)21-12-3-1-9(14(17)8-12)2-4-15(19)20/h1-8H,(H,19,20)/b4-2+. The Bertz CT molecular complexity index is 694. The van der Waals surface area contributed by atoms with Crippen LogP contribution in [0, 0.1) is 5.82 Å². The van der Waals surface area contributed by atoms with E-state index in [0.29, 0.717) is 26.0 Å². The van der Waals surface area contributed by atoms with Crippen molar-refractivity contribution in [2.45, 2.75) is 0 Å². The van der Waals surface area contributed by atoms with Gasteiger partial charge in [0.2, 0.25) is 0 Å². The number of hydrogen-bond acceptors (Lipinski definition) is 2. The van der Waals surface area contributed by atoms with Crippen LogP contribution in [0.15, 0.2) is 51.4 Å². The van der Waals surface area contributed by atoms with Gasteiger partial charge in [-0.2, -0.15) is 0 Å². The van der Waals surface area contributed by atoms with E-state index in [1.54, 1.807) is 24.3 Å². The zero-order valence-corrected chi connectivity index (χ0v) is 13.7. The number of benzene rings is 2. The molecule has 2 aromatic carbocycles. The first-order valence-corrected chi connectivity index (χ1v) is 7.37. The summed E-state index contributed by atoms with van der Waals surface area (Å²) < 4.78 is 20.1. The molecule has 0 saturated heterocycles. The van der Waals surface area contributed by atoms with Crippen LogP contribution in [-0.4, -0.2) is 11.1 Å². The Morgan fingerprint density at radius 2 is 1.90 bits per heavy atom. The number of ether oxygens (including phenoxy) is 1. The lowest BCUT2D eigenvalue weighted by atomic mass is 10.2. The van der Waals surface area contributed by atoms with E-state index in [4.69, 9.17) is 9.84 Å². The third kappa shape index (κ3) is 4.68. The molecule has 0 amide bonds. The molecular weight excluding hydrogens is 407 g/mol. The summed E-state index contributed by atoms with van der Waals surface area (Å²) in [5, 5.41) is 8.60. The molecule has 0 unspecified atom stereocenters. The predicted octanol–water partition coefficient (Wildman–Crippen LogP) is 5.24. The van der Waals surface area contributed by atoms with E-state index in [2.05, 4.69) is 31.9 Å². The van der Waals surface area contributed by atoms with Crippen LogP contribution in [0.1, 0.15) is 5.56 Å². The van der Waals surface area contributed by atoms with Crippen LogP contribution < -0.4 is 4.74 Å². The molecule has 0 atom stereocenters. The Hall–Kier alpha value is -1.66. The smallest absolute Gasteiger partial charge is 0.328 e. The summed E-state index contributed by atoms with van der Waals surface area (Å²) >= 11 is 6.52. The average Bonchev–Trinajstić information content (AvgIpc) is 2.36. The fourth-order valence-corrected chi connectivity index (χ4v) is 2.53. The van der Waals surface area contributed by atoms with Crippen molar-refractivity contribution in [1.29, 1.82) is 0 Å². The molecule has 108 valence electrons. The number of carboxylic acid groups (broad SMARTS) is 1. The van der Waals surface area contributed by atoms with Gasteiger partial charge in [-0.3, -0.25) is 0 Å². The third-order valence-electron chi connectivity index (χ3n) is 2.45. The third-order valence-corrected chi connectivity index (χ3v) is 3.59. The summed E-state index contributed by atoms with van der Waals surface area (Å²) in [5.41, 5.74) is 0.699. The van der Waals surface area contributed by atoms with Crippen LogP contribution in [0.3, 0.4) is 0 Å². The minimum Gasteiger partial charge on any atom is -0.478 e. The van der Waals surface area contributed by atoms with Gasteiger partial charge < -0.3 is 9.84 Å². The Kier molecular flexibility index (Phi) is 5.14. The largest absolute Gasteiger partial charge is 0.478 e. The van der Waals surface area contributed by atoms with E-state index >= 15 is 0 Å². The van der Waals surface area contributed by atoms with Crippen molar-refractivity contribution in [3.8, 4) is 11.5 Å². The Balaban J connectivity index is 2.22. The van der Waals surface area contributed by atoms with Crippen molar-refractivity contribution in [3.05, 3.63) is 62.8 Å². The van der Waals surface area contributed by atoms with Gasteiger partial charge in [0, 0.05) is 21.1 Å². The quantitative estimate of drug-likeness (QED) is 0.694. The molecule has 0 heterocycles. The van der Waals surface area contributed by atoms with Gasteiger partial charge >= 0.3 is 5.97 Å². The zero-order valence-electron chi connectivity index (χ0n) is 10.5. The lowest BCUT2D eigenvalue weighted by molar-refractivity contribution is -0.131. The van der Waals surface area contributed by atoms with E-state index in [1.807, 2.05) is 0 Å². The lowest BCUT2D eigenvalue weighted by Crippen LogP contribution is -1.88. The van der Waals surface area contributed by atoms with E-state index < -0.39 is 11.8 Å². The van der Waals surface area contributed by atoms with Crippen molar-refractivity contribution in [2.24, 2.45) is 0 Å². The summed E-state index contributed by atoms with van der Waals surface area (Å²) in [7, 11) is 0. The first-order chi connectivity index (χ1) is 9.94. The molecule has 6 heteroatoms. The normalized spacial score (nSPS) is 10.8. The van der Waals surface area contributed by atoms with Gasteiger partial charge in [-0.15, -0.1) is 0 Å². The molecule has 0 spiro atoms. The van der Waals surface area contributed by atoms with E-state index in [0.717, 1.165) is 6.08 Å². The fraction of sp³-hybridized carbons (Fsp3) is 0. The Labute approximate surface area is 137 Å². The van der Waals surface area contributed by atoms with Gasteiger partial charge in [0.05, 0.1) is 0 Å². The molecule has 2 aromatic rings. The van der Waals surface area contributed by atoms with Crippen molar-refractivity contribution in [1.82, 2.24) is 0 Å². The fourth-order valence-electron chi connectivity index (χ4n) is 1.59. The number of carbonyl (C=O) groups is 1. The molecule has 0 fully saturated rings. The molecule has 21 heavy (non-hydrogen) atoms. The summed E-state index contributed by atoms with van der Waals surface area (Å²) in [4.78, 5) is 10.5. The summed E-state index contributed by atoms with van der Waals surface area (Å²) in [5.74, 6) is -0.555. The topological polar surface area (TPSA) is 46.5 Å². The van der Waals surface area contributed by atoms with Gasteiger partial charge in [-0.05, 0) is 35.9 Å². The maximum atomic E-state index is 13.3. The average molecular weight is 416 g/mol. The van der Waals surface area contributed by atoms with Crippen LogP contribution >= 0.6 is 31.9 Å². The first kappa shape index (κ1) is 15.7. The van der Waals surface area contributed by atoms with E-state index in [-0.39, 0.29) is 0 Å². The molecule has 3 nitrogen and oxygen atoms in total. The highest BCUT2D eigenvalue weighted by Gasteiger charge is 2.04. The maximum Gasteiger partial charge on any atom is 0.328 e. The van der Waals surface area contributed by atoms with Crippen molar-refractivity contribution < 1.29 is 19.0 Å². The monoisotopic (exact) mass is 414 g/mol. The number of hydrogen-bond donors (Lipinski definition) is 1. The predicted molar refractivity (Wildman–Crippen MR) is 85.0 cm³/mol. The van der Waals surface area contributed by atoms with Crippen LogP contribution in [0.4, 0.5) is 4.39 Å². The molecule has 0 radical (unpaired) electrons. The first-order valence-electron chi connectivity index (χ1n) is 5.78. The number of halogens is 3. The number of aliphatic carboxylic acids is 1. The van der Waals surface area contributed by atoms with Crippen molar-refractivity contribution in [3.63, 3.8) is 0 Å². The lowest BCUT2D eigenvalue weighted by Gasteiger charge is -2.08. The van der Waals surface area contributed by atoms with Gasteiger partial charge in [-0.25, -0.2) is 9.18 Å². The summed E-state index contributed by atoms with van der Waals surface area (Å²) in [6.45, 7) is 0. The second kappa shape index (κ2) is 6.87. The molecule has 0 saturated carbocycles. The highest BCUT2D eigenvalue weighted by atomic mass is 79.9. The van der Waals surface area contributed by atoms with E-state index in [9.17, 15) is 9.18 Å². The van der Waals surface area contributed by atoms with Crippen LogP contribution in [0.5, 0.6) is 11.5 Å². The summed E-state index contributed by atoms with van der Waals surface area (Å²) in [6, 6.07) is 9.31. The van der Waals surface area contributed by atoms with Crippen molar-refractivity contribution in [2.75, 3.05) is 0 Å². The minimum atomic E-state index is -1.02. The second-order valence-corrected chi connectivity index (χ2v) is 5.83. The van der Waals surface area contributed by atoms with Crippen LogP contribution in [0.2, 0.25) is 0 Å². The minimum absolute atomic E-state index is 0.364. The molecule has 0 aliphatic carbocycles. The SMILES string of the molecule is O=C(O)/C=C/c1ccc(Oc2cc(F)cc(Br)c2)cc1Br. The molecule has 0 bridgehead atoms. The van der Waals surface area contributed by atoms with Crippen LogP contribution in [0.25, 0.3) is 6.08 Å². The molecule has 1 N–H and O–H groups in total. The molecule has 0 aromatic heterocycles. The van der Waals surface area contributed by atoms with Crippen molar-refractivity contribution >= 4 is 43.9 Å². The Morgan fingerprint density at radius 1 is 1.14 bits per heavy atom. The second-order valence-electron chi connectivity index (χ2n) is 4.06. The maximum absolute atomic E-state index is 13.3. The molecule has 0 aliphatic heterocycles. The van der Waals surface area contributed by atoms with Gasteiger partial charge in [0.1, 0.15) is 17.3 Å².